The van der Waals surface area contributed by atoms with E-state index >= 15 is 0 Å². The third-order valence-corrected chi connectivity index (χ3v) is 4.98. The Labute approximate surface area is 135 Å². The maximum atomic E-state index is 13.9. The van der Waals surface area contributed by atoms with Gasteiger partial charge in [0.15, 0.2) is 0 Å². The van der Waals surface area contributed by atoms with Crippen LogP contribution < -0.4 is 5.73 Å². The SMILES string of the molecule is CC(C)(C(N)=S)N1CCN(Cc2cccc(Cl)c2F)CC1. The molecule has 0 atom stereocenters. The van der Waals surface area contributed by atoms with Crippen molar-refractivity contribution in [3.05, 3.63) is 34.6 Å². The highest BCUT2D eigenvalue weighted by Gasteiger charge is 2.32. The van der Waals surface area contributed by atoms with Crippen molar-refractivity contribution in [1.82, 2.24) is 9.80 Å². The Bertz CT molecular complexity index is 528. The summed E-state index contributed by atoms with van der Waals surface area (Å²) in [4.78, 5) is 5.01. The molecule has 1 heterocycles. The summed E-state index contributed by atoms with van der Waals surface area (Å²) < 4.78 is 13.9. The zero-order valence-electron chi connectivity index (χ0n) is 12.4. The number of nitrogens with zero attached hydrogens (tertiary/aromatic N) is 2. The molecule has 1 aromatic rings. The van der Waals surface area contributed by atoms with Gasteiger partial charge in [0.2, 0.25) is 0 Å². The second kappa shape index (κ2) is 6.57. The van der Waals surface area contributed by atoms with Gasteiger partial charge in [0, 0.05) is 38.3 Å². The molecule has 3 nitrogen and oxygen atoms in total. The van der Waals surface area contributed by atoms with E-state index in [1.54, 1.807) is 18.2 Å². The number of nitrogens with two attached hydrogens (primary N) is 1. The first-order valence-electron chi connectivity index (χ1n) is 7.02. The van der Waals surface area contributed by atoms with Gasteiger partial charge in [-0.3, -0.25) is 9.80 Å². The third-order valence-electron chi connectivity index (χ3n) is 4.19. The Hall–Kier alpha value is -0.750. The highest BCUT2D eigenvalue weighted by Crippen LogP contribution is 2.21. The molecular weight excluding hydrogens is 309 g/mol. The summed E-state index contributed by atoms with van der Waals surface area (Å²) in [5.74, 6) is -0.315. The predicted octanol–water partition coefficient (Wildman–Crippen LogP) is 2.66. The Balaban J connectivity index is 1.96. The lowest BCUT2D eigenvalue weighted by molar-refractivity contribution is 0.0815. The molecule has 0 saturated carbocycles. The number of halogens is 2. The molecule has 0 unspecified atom stereocenters. The first-order valence-corrected chi connectivity index (χ1v) is 7.81. The number of hydrogen-bond acceptors (Lipinski definition) is 3. The Morgan fingerprint density at radius 2 is 1.95 bits per heavy atom. The van der Waals surface area contributed by atoms with E-state index in [1.165, 1.54) is 0 Å². The van der Waals surface area contributed by atoms with Gasteiger partial charge in [-0.25, -0.2) is 4.39 Å². The fourth-order valence-corrected chi connectivity index (χ4v) is 2.86. The van der Waals surface area contributed by atoms with Gasteiger partial charge in [0.05, 0.1) is 15.6 Å². The Kier molecular flexibility index (Phi) is 5.20. The summed E-state index contributed by atoms with van der Waals surface area (Å²) in [5.41, 5.74) is 6.18. The molecule has 2 rings (SSSR count). The quantitative estimate of drug-likeness (QED) is 0.861. The van der Waals surface area contributed by atoms with Gasteiger partial charge in [-0.05, 0) is 19.9 Å². The normalized spacial score (nSPS) is 17.9. The van der Waals surface area contributed by atoms with Gasteiger partial charge in [-0.2, -0.15) is 0 Å². The van der Waals surface area contributed by atoms with Crippen LogP contribution in [0.3, 0.4) is 0 Å². The molecule has 0 radical (unpaired) electrons. The van der Waals surface area contributed by atoms with E-state index in [2.05, 4.69) is 9.80 Å². The van der Waals surface area contributed by atoms with E-state index in [9.17, 15) is 4.39 Å². The van der Waals surface area contributed by atoms with Crippen LogP contribution in [-0.2, 0) is 6.54 Å². The van der Waals surface area contributed by atoms with E-state index in [4.69, 9.17) is 29.6 Å². The fraction of sp³-hybridized carbons (Fsp3) is 0.533. The first-order chi connectivity index (χ1) is 9.82. The Morgan fingerprint density at radius 1 is 1.33 bits per heavy atom. The van der Waals surface area contributed by atoms with Crippen LogP contribution in [0.15, 0.2) is 18.2 Å². The average Bonchev–Trinajstić information content (AvgIpc) is 2.44. The minimum absolute atomic E-state index is 0.181. The number of rotatable bonds is 4. The minimum atomic E-state index is -0.315. The fourth-order valence-electron chi connectivity index (χ4n) is 2.53. The molecule has 1 saturated heterocycles. The molecule has 0 spiro atoms. The van der Waals surface area contributed by atoms with Crippen LogP contribution in [0.1, 0.15) is 19.4 Å². The molecule has 21 heavy (non-hydrogen) atoms. The molecule has 1 fully saturated rings. The lowest BCUT2D eigenvalue weighted by Crippen LogP contribution is -2.59. The monoisotopic (exact) mass is 329 g/mol. The zero-order valence-corrected chi connectivity index (χ0v) is 14.0. The molecular formula is C15H21ClFN3S. The van der Waals surface area contributed by atoms with Crippen molar-refractivity contribution in [2.45, 2.75) is 25.9 Å². The van der Waals surface area contributed by atoms with Crippen LogP contribution in [-0.4, -0.2) is 46.5 Å². The molecule has 6 heteroatoms. The molecule has 0 aliphatic carbocycles. The van der Waals surface area contributed by atoms with Crippen molar-refractivity contribution < 1.29 is 4.39 Å². The van der Waals surface area contributed by atoms with Gasteiger partial charge in [0.1, 0.15) is 5.82 Å². The van der Waals surface area contributed by atoms with Crippen molar-refractivity contribution in [3.63, 3.8) is 0 Å². The van der Waals surface area contributed by atoms with E-state index in [-0.39, 0.29) is 16.4 Å². The molecule has 1 aliphatic heterocycles. The first kappa shape index (κ1) is 16.6. The molecule has 0 amide bonds. The van der Waals surface area contributed by atoms with Crippen LogP contribution in [0.2, 0.25) is 5.02 Å². The maximum Gasteiger partial charge on any atom is 0.146 e. The van der Waals surface area contributed by atoms with E-state index in [0.29, 0.717) is 17.1 Å². The maximum absolute atomic E-state index is 13.9. The van der Waals surface area contributed by atoms with Crippen molar-refractivity contribution in [2.75, 3.05) is 26.2 Å². The van der Waals surface area contributed by atoms with Gasteiger partial charge in [-0.15, -0.1) is 0 Å². The summed E-state index contributed by atoms with van der Waals surface area (Å²) in [6, 6.07) is 5.14. The second-order valence-electron chi connectivity index (χ2n) is 5.90. The van der Waals surface area contributed by atoms with Gasteiger partial charge in [0.25, 0.3) is 0 Å². The summed E-state index contributed by atoms with van der Waals surface area (Å²) in [6.07, 6.45) is 0. The molecule has 1 aliphatic rings. The molecule has 1 aromatic carbocycles. The smallest absolute Gasteiger partial charge is 0.146 e. The number of hydrogen-bond donors (Lipinski definition) is 1. The molecule has 116 valence electrons. The van der Waals surface area contributed by atoms with Gasteiger partial charge in [-0.1, -0.05) is 36.0 Å². The standard InChI is InChI=1S/C15H21ClFN3S/c1-15(2,14(18)21)20-8-6-19(7-9-20)10-11-4-3-5-12(16)13(11)17/h3-5H,6-10H2,1-2H3,(H2,18,21). The van der Waals surface area contributed by atoms with Gasteiger partial charge < -0.3 is 5.73 Å². The number of benzene rings is 1. The van der Waals surface area contributed by atoms with Crippen molar-refractivity contribution in [3.8, 4) is 0 Å². The molecule has 0 bridgehead atoms. The predicted molar refractivity (Wildman–Crippen MR) is 89.1 cm³/mol. The topological polar surface area (TPSA) is 32.5 Å². The second-order valence-corrected chi connectivity index (χ2v) is 6.75. The largest absolute Gasteiger partial charge is 0.392 e. The number of thiocarbonyl (C=S) groups is 1. The number of piperazine rings is 1. The summed E-state index contributed by atoms with van der Waals surface area (Å²) in [7, 11) is 0. The van der Waals surface area contributed by atoms with Crippen molar-refractivity contribution in [1.29, 1.82) is 0 Å². The van der Waals surface area contributed by atoms with E-state index in [1.807, 2.05) is 13.8 Å². The van der Waals surface area contributed by atoms with Crippen LogP contribution in [0.4, 0.5) is 4.39 Å². The molecule has 0 aromatic heterocycles. The van der Waals surface area contributed by atoms with Crippen LogP contribution in [0, 0.1) is 5.82 Å². The summed E-state index contributed by atoms with van der Waals surface area (Å²) >= 11 is 11.0. The van der Waals surface area contributed by atoms with Crippen LogP contribution in [0.25, 0.3) is 0 Å². The lowest BCUT2D eigenvalue weighted by atomic mass is 10.0. The van der Waals surface area contributed by atoms with Crippen LogP contribution >= 0.6 is 23.8 Å². The highest BCUT2D eigenvalue weighted by molar-refractivity contribution is 7.80. The van der Waals surface area contributed by atoms with Gasteiger partial charge >= 0.3 is 0 Å². The van der Waals surface area contributed by atoms with Crippen LogP contribution in [0.5, 0.6) is 0 Å². The van der Waals surface area contributed by atoms with Crippen molar-refractivity contribution in [2.24, 2.45) is 5.73 Å². The summed E-state index contributed by atoms with van der Waals surface area (Å²) in [6.45, 7) is 8.12. The third kappa shape index (κ3) is 3.72. The minimum Gasteiger partial charge on any atom is -0.392 e. The summed E-state index contributed by atoms with van der Waals surface area (Å²) in [5, 5.41) is 0.181. The Morgan fingerprint density at radius 3 is 2.52 bits per heavy atom. The van der Waals surface area contributed by atoms with E-state index < -0.39 is 0 Å². The highest BCUT2D eigenvalue weighted by atomic mass is 35.5. The zero-order chi connectivity index (χ0) is 15.6. The van der Waals surface area contributed by atoms with Crippen molar-refractivity contribution >= 4 is 28.8 Å². The lowest BCUT2D eigenvalue weighted by Gasteiger charge is -2.43. The van der Waals surface area contributed by atoms with E-state index in [0.717, 1.165) is 26.2 Å². The molecule has 2 N–H and O–H groups in total. The average molecular weight is 330 g/mol.